The van der Waals surface area contributed by atoms with E-state index in [4.69, 9.17) is 4.74 Å². The van der Waals surface area contributed by atoms with Gasteiger partial charge in [0.05, 0.1) is 5.69 Å². The van der Waals surface area contributed by atoms with E-state index in [1.165, 1.54) is 6.42 Å². The molecular formula is C21H23N3O2. The van der Waals surface area contributed by atoms with E-state index < -0.39 is 0 Å². The highest BCUT2D eigenvalue weighted by Crippen LogP contribution is 2.26. The van der Waals surface area contributed by atoms with E-state index in [0.717, 1.165) is 48.5 Å². The first-order valence-corrected chi connectivity index (χ1v) is 9.24. The quantitative estimate of drug-likeness (QED) is 0.741. The van der Waals surface area contributed by atoms with Crippen molar-refractivity contribution in [1.29, 1.82) is 0 Å². The number of carbonyl (C=O) groups excluding carboxylic acids is 1. The maximum Gasteiger partial charge on any atom is 0.227 e. The highest BCUT2D eigenvalue weighted by Gasteiger charge is 2.21. The molecule has 0 spiro atoms. The molecule has 1 saturated carbocycles. The summed E-state index contributed by atoms with van der Waals surface area (Å²) in [6.07, 6.45) is 9.47. The van der Waals surface area contributed by atoms with Gasteiger partial charge >= 0.3 is 0 Å². The Morgan fingerprint density at radius 1 is 1.15 bits per heavy atom. The maximum absolute atomic E-state index is 12.4. The predicted octanol–water partition coefficient (Wildman–Crippen LogP) is 4.43. The summed E-state index contributed by atoms with van der Waals surface area (Å²) in [7, 11) is 0. The third-order valence-corrected chi connectivity index (χ3v) is 4.88. The van der Waals surface area contributed by atoms with Gasteiger partial charge in [0.2, 0.25) is 5.91 Å². The Bertz CT molecular complexity index is 864. The van der Waals surface area contributed by atoms with Crippen LogP contribution >= 0.6 is 0 Å². The second kappa shape index (κ2) is 7.60. The van der Waals surface area contributed by atoms with Gasteiger partial charge in [0.25, 0.3) is 0 Å². The molecule has 1 amide bonds. The molecule has 0 unspecified atom stereocenters. The average molecular weight is 349 g/mol. The molecule has 1 aliphatic rings. The van der Waals surface area contributed by atoms with Crippen LogP contribution in [0.25, 0.3) is 5.65 Å². The molecular weight excluding hydrogens is 326 g/mol. The average Bonchev–Trinajstić information content (AvgIpc) is 3.10. The Morgan fingerprint density at radius 3 is 2.88 bits per heavy atom. The third-order valence-electron chi connectivity index (χ3n) is 4.88. The van der Waals surface area contributed by atoms with Crippen molar-refractivity contribution in [2.45, 2.75) is 38.7 Å². The van der Waals surface area contributed by atoms with E-state index in [0.29, 0.717) is 6.61 Å². The number of rotatable bonds is 5. The van der Waals surface area contributed by atoms with Crippen LogP contribution in [0.1, 0.15) is 37.8 Å². The first kappa shape index (κ1) is 16.6. The Kier molecular flexibility index (Phi) is 4.86. The zero-order valence-electron chi connectivity index (χ0n) is 14.7. The lowest BCUT2D eigenvalue weighted by atomic mass is 9.88. The van der Waals surface area contributed by atoms with Crippen molar-refractivity contribution in [3.05, 3.63) is 60.6 Å². The lowest BCUT2D eigenvalue weighted by Crippen LogP contribution is -2.24. The molecule has 0 atom stereocenters. The van der Waals surface area contributed by atoms with Crippen LogP contribution in [-0.2, 0) is 11.4 Å². The van der Waals surface area contributed by atoms with Gasteiger partial charge in [-0.3, -0.25) is 4.79 Å². The molecule has 1 aromatic carbocycles. The monoisotopic (exact) mass is 349 g/mol. The first-order valence-electron chi connectivity index (χ1n) is 9.24. The Labute approximate surface area is 153 Å². The summed E-state index contributed by atoms with van der Waals surface area (Å²) in [6.45, 7) is 0.391. The van der Waals surface area contributed by atoms with Gasteiger partial charge in [0.1, 0.15) is 18.0 Å². The fourth-order valence-corrected chi connectivity index (χ4v) is 3.49. The van der Waals surface area contributed by atoms with E-state index in [9.17, 15) is 4.79 Å². The van der Waals surface area contributed by atoms with Gasteiger partial charge in [-0.25, -0.2) is 4.98 Å². The number of hydrogen-bond donors (Lipinski definition) is 1. The van der Waals surface area contributed by atoms with Crippen LogP contribution in [0, 0.1) is 5.92 Å². The standard InChI is InChI=1S/C21H23N3O2/c25-21(16-7-2-1-3-8-16)23-17-9-6-10-19(13-17)26-15-18-14-24-12-5-4-11-20(24)22-18/h4-6,9-14,16H,1-3,7-8,15H2,(H,23,25). The van der Waals surface area contributed by atoms with Crippen molar-refractivity contribution in [2.24, 2.45) is 5.92 Å². The predicted molar refractivity (Wildman–Crippen MR) is 101 cm³/mol. The van der Waals surface area contributed by atoms with Gasteiger partial charge in [-0.2, -0.15) is 0 Å². The normalized spacial score (nSPS) is 15.1. The van der Waals surface area contributed by atoms with Crippen molar-refractivity contribution in [3.8, 4) is 5.75 Å². The van der Waals surface area contributed by atoms with Crippen molar-refractivity contribution >= 4 is 17.2 Å². The maximum atomic E-state index is 12.4. The Balaban J connectivity index is 1.38. The van der Waals surface area contributed by atoms with Crippen LogP contribution in [0.15, 0.2) is 54.9 Å². The minimum Gasteiger partial charge on any atom is -0.487 e. The van der Waals surface area contributed by atoms with Crippen molar-refractivity contribution in [2.75, 3.05) is 5.32 Å². The summed E-state index contributed by atoms with van der Waals surface area (Å²) in [5.41, 5.74) is 2.56. The molecule has 0 radical (unpaired) electrons. The van der Waals surface area contributed by atoms with Crippen LogP contribution in [0.4, 0.5) is 5.69 Å². The fourth-order valence-electron chi connectivity index (χ4n) is 3.49. The third kappa shape index (κ3) is 3.87. The van der Waals surface area contributed by atoms with Crippen molar-refractivity contribution < 1.29 is 9.53 Å². The molecule has 1 aliphatic carbocycles. The number of fused-ring (bicyclic) bond motifs is 1. The van der Waals surface area contributed by atoms with Gasteiger partial charge in [-0.05, 0) is 37.1 Å². The Hall–Kier alpha value is -2.82. The van der Waals surface area contributed by atoms with Gasteiger partial charge in [-0.15, -0.1) is 0 Å². The number of amides is 1. The summed E-state index contributed by atoms with van der Waals surface area (Å²) in [4.78, 5) is 16.9. The van der Waals surface area contributed by atoms with Crippen LogP contribution in [0.5, 0.6) is 5.75 Å². The number of anilines is 1. The lowest BCUT2D eigenvalue weighted by molar-refractivity contribution is -0.120. The van der Waals surface area contributed by atoms with E-state index in [1.807, 2.05) is 59.3 Å². The number of imidazole rings is 1. The second-order valence-electron chi connectivity index (χ2n) is 6.84. The van der Waals surface area contributed by atoms with Crippen molar-refractivity contribution in [3.63, 3.8) is 0 Å². The zero-order valence-corrected chi connectivity index (χ0v) is 14.7. The molecule has 5 heteroatoms. The van der Waals surface area contributed by atoms with E-state index in [2.05, 4.69) is 10.3 Å². The molecule has 2 aromatic heterocycles. The number of nitrogens with one attached hydrogen (secondary N) is 1. The molecule has 3 aromatic rings. The number of ether oxygens (including phenoxy) is 1. The summed E-state index contributed by atoms with van der Waals surface area (Å²) in [5.74, 6) is 0.997. The lowest BCUT2D eigenvalue weighted by Gasteiger charge is -2.20. The van der Waals surface area contributed by atoms with Crippen LogP contribution in [0.3, 0.4) is 0 Å². The van der Waals surface area contributed by atoms with Gasteiger partial charge in [0, 0.05) is 30.1 Å². The number of hydrogen-bond acceptors (Lipinski definition) is 3. The highest BCUT2D eigenvalue weighted by molar-refractivity contribution is 5.92. The molecule has 1 fully saturated rings. The summed E-state index contributed by atoms with van der Waals surface area (Å²) in [6, 6.07) is 13.5. The largest absolute Gasteiger partial charge is 0.487 e. The Morgan fingerprint density at radius 2 is 2.04 bits per heavy atom. The fraction of sp³-hybridized carbons (Fsp3) is 0.333. The molecule has 1 N–H and O–H groups in total. The molecule has 4 rings (SSSR count). The molecule has 0 aliphatic heterocycles. The SMILES string of the molecule is O=C(Nc1cccc(OCc2cn3ccccc3n2)c1)C1CCCCC1. The number of carbonyl (C=O) groups is 1. The zero-order chi connectivity index (χ0) is 17.8. The van der Waals surface area contributed by atoms with Crippen LogP contribution in [-0.4, -0.2) is 15.3 Å². The minimum absolute atomic E-state index is 0.127. The highest BCUT2D eigenvalue weighted by atomic mass is 16.5. The molecule has 26 heavy (non-hydrogen) atoms. The van der Waals surface area contributed by atoms with Gasteiger partial charge in [0.15, 0.2) is 0 Å². The molecule has 5 nitrogen and oxygen atoms in total. The summed E-state index contributed by atoms with van der Waals surface area (Å²) < 4.78 is 7.83. The van der Waals surface area contributed by atoms with Crippen molar-refractivity contribution in [1.82, 2.24) is 9.38 Å². The molecule has 0 bridgehead atoms. The summed E-state index contributed by atoms with van der Waals surface area (Å²) >= 11 is 0. The van der Waals surface area contributed by atoms with E-state index >= 15 is 0 Å². The van der Waals surface area contributed by atoms with Crippen LogP contribution in [0.2, 0.25) is 0 Å². The number of aromatic nitrogens is 2. The number of pyridine rings is 1. The first-order chi connectivity index (χ1) is 12.8. The number of benzene rings is 1. The number of nitrogens with zero attached hydrogens (tertiary/aromatic N) is 2. The topological polar surface area (TPSA) is 55.6 Å². The van der Waals surface area contributed by atoms with E-state index in [1.54, 1.807) is 0 Å². The molecule has 134 valence electrons. The minimum atomic E-state index is 0.127. The summed E-state index contributed by atoms with van der Waals surface area (Å²) in [5, 5.41) is 3.03. The van der Waals surface area contributed by atoms with Gasteiger partial charge in [-0.1, -0.05) is 31.4 Å². The smallest absolute Gasteiger partial charge is 0.227 e. The molecule has 0 saturated heterocycles. The second-order valence-corrected chi connectivity index (χ2v) is 6.84. The van der Waals surface area contributed by atoms with E-state index in [-0.39, 0.29) is 11.8 Å². The molecule has 2 heterocycles. The van der Waals surface area contributed by atoms with Crippen LogP contribution < -0.4 is 10.1 Å². The van der Waals surface area contributed by atoms with Gasteiger partial charge < -0.3 is 14.5 Å².